The van der Waals surface area contributed by atoms with E-state index in [1.54, 1.807) is 0 Å². The number of nitrogen functional groups attached to an aromatic ring is 1. The molecular weight excluding hydrogens is 240 g/mol. The molecule has 1 saturated heterocycles. The quantitative estimate of drug-likeness (QED) is 0.822. The second kappa shape index (κ2) is 5.70. The van der Waals surface area contributed by atoms with E-state index in [0.29, 0.717) is 5.69 Å². The summed E-state index contributed by atoms with van der Waals surface area (Å²) in [6.07, 6.45) is 0.697. The zero-order valence-corrected chi connectivity index (χ0v) is 12.0. The second-order valence-electron chi connectivity index (χ2n) is 5.63. The minimum Gasteiger partial charge on any atom is -0.489 e. The maximum Gasteiger partial charge on any atom is 0.144 e. The first-order chi connectivity index (χ1) is 8.99. The molecule has 2 rings (SSSR count). The van der Waals surface area contributed by atoms with Crippen LogP contribution in [0, 0.1) is 5.92 Å². The van der Waals surface area contributed by atoms with Gasteiger partial charge in [0.1, 0.15) is 5.75 Å². The Bertz CT molecular complexity index is 434. The van der Waals surface area contributed by atoms with Gasteiger partial charge in [-0.25, -0.2) is 0 Å². The molecule has 3 N–H and O–H groups in total. The molecule has 1 fully saturated rings. The summed E-state index contributed by atoms with van der Waals surface area (Å²) in [6.45, 7) is 7.72. The standard InChI is InChI=1S/C15H24N2O2/c1-10(2)19-14-6-4-5-12(15(14)16)17-8-7-13(18)11(3)9-17/h4-6,10-11,13,18H,7-9,16H2,1-3H3. The number of nitrogens with zero attached hydrogens (tertiary/aromatic N) is 1. The maximum atomic E-state index is 9.80. The van der Waals surface area contributed by atoms with Crippen LogP contribution in [-0.4, -0.2) is 30.4 Å². The van der Waals surface area contributed by atoms with E-state index in [-0.39, 0.29) is 18.1 Å². The molecule has 0 saturated carbocycles. The van der Waals surface area contributed by atoms with Gasteiger partial charge in [-0.2, -0.15) is 0 Å². The van der Waals surface area contributed by atoms with E-state index in [0.717, 1.165) is 30.9 Å². The molecule has 1 aliphatic rings. The van der Waals surface area contributed by atoms with Crippen LogP contribution in [0.1, 0.15) is 27.2 Å². The van der Waals surface area contributed by atoms with E-state index in [1.165, 1.54) is 0 Å². The Labute approximate surface area is 115 Å². The van der Waals surface area contributed by atoms with Crippen LogP contribution in [0.2, 0.25) is 0 Å². The lowest BCUT2D eigenvalue weighted by Gasteiger charge is -2.36. The van der Waals surface area contributed by atoms with Gasteiger partial charge in [-0.15, -0.1) is 0 Å². The predicted octanol–water partition coefficient (Wildman–Crippen LogP) is 2.26. The fraction of sp³-hybridized carbons (Fsp3) is 0.600. The summed E-state index contributed by atoms with van der Waals surface area (Å²) in [5.41, 5.74) is 7.92. The zero-order chi connectivity index (χ0) is 14.0. The Morgan fingerprint density at radius 3 is 2.79 bits per heavy atom. The van der Waals surface area contributed by atoms with Gasteiger partial charge in [0, 0.05) is 13.1 Å². The van der Waals surface area contributed by atoms with Gasteiger partial charge in [0.25, 0.3) is 0 Å². The lowest BCUT2D eigenvalue weighted by Crippen LogP contribution is -2.42. The summed E-state index contributed by atoms with van der Waals surface area (Å²) in [5.74, 6) is 1.01. The summed E-state index contributed by atoms with van der Waals surface area (Å²) in [7, 11) is 0. The molecule has 0 radical (unpaired) electrons. The molecule has 1 aliphatic heterocycles. The van der Waals surface area contributed by atoms with E-state index < -0.39 is 0 Å². The lowest BCUT2D eigenvalue weighted by molar-refractivity contribution is 0.0971. The Hall–Kier alpha value is -1.42. The van der Waals surface area contributed by atoms with Gasteiger partial charge in [0.2, 0.25) is 0 Å². The van der Waals surface area contributed by atoms with Gasteiger partial charge >= 0.3 is 0 Å². The average molecular weight is 264 g/mol. The molecule has 4 heteroatoms. The van der Waals surface area contributed by atoms with Crippen molar-refractivity contribution in [2.24, 2.45) is 5.92 Å². The van der Waals surface area contributed by atoms with Crippen molar-refractivity contribution in [2.75, 3.05) is 23.7 Å². The molecule has 2 unspecified atom stereocenters. The van der Waals surface area contributed by atoms with Crippen molar-refractivity contribution >= 4 is 11.4 Å². The molecule has 4 nitrogen and oxygen atoms in total. The maximum absolute atomic E-state index is 9.80. The van der Waals surface area contributed by atoms with Gasteiger partial charge in [-0.1, -0.05) is 13.0 Å². The van der Waals surface area contributed by atoms with Crippen LogP contribution in [0.25, 0.3) is 0 Å². The second-order valence-corrected chi connectivity index (χ2v) is 5.63. The highest BCUT2D eigenvalue weighted by atomic mass is 16.5. The average Bonchev–Trinajstić information content (AvgIpc) is 2.35. The molecule has 1 aromatic carbocycles. The van der Waals surface area contributed by atoms with Crippen molar-refractivity contribution in [3.05, 3.63) is 18.2 Å². The van der Waals surface area contributed by atoms with Gasteiger partial charge in [0.15, 0.2) is 0 Å². The Kier molecular flexibility index (Phi) is 4.20. The third-order valence-corrected chi connectivity index (χ3v) is 3.61. The number of hydrogen-bond donors (Lipinski definition) is 2. The topological polar surface area (TPSA) is 58.7 Å². The van der Waals surface area contributed by atoms with Crippen LogP contribution in [0.4, 0.5) is 11.4 Å². The van der Waals surface area contributed by atoms with E-state index in [1.807, 2.05) is 32.0 Å². The van der Waals surface area contributed by atoms with Gasteiger partial charge in [-0.05, 0) is 38.3 Å². The largest absolute Gasteiger partial charge is 0.489 e. The minimum atomic E-state index is -0.201. The Balaban J connectivity index is 2.20. The van der Waals surface area contributed by atoms with Crippen molar-refractivity contribution in [2.45, 2.75) is 39.4 Å². The van der Waals surface area contributed by atoms with E-state index in [4.69, 9.17) is 10.5 Å². The van der Waals surface area contributed by atoms with Crippen molar-refractivity contribution in [3.8, 4) is 5.75 Å². The van der Waals surface area contributed by atoms with E-state index in [9.17, 15) is 5.11 Å². The fourth-order valence-corrected chi connectivity index (χ4v) is 2.52. The monoisotopic (exact) mass is 264 g/mol. The van der Waals surface area contributed by atoms with Gasteiger partial charge in [0.05, 0.1) is 23.6 Å². The number of para-hydroxylation sites is 1. The molecule has 106 valence electrons. The fourth-order valence-electron chi connectivity index (χ4n) is 2.52. The number of piperidine rings is 1. The molecule has 19 heavy (non-hydrogen) atoms. The summed E-state index contributed by atoms with van der Waals surface area (Å²) in [5, 5.41) is 9.80. The number of hydrogen-bond acceptors (Lipinski definition) is 4. The number of aliphatic hydroxyl groups is 1. The van der Waals surface area contributed by atoms with Gasteiger partial charge in [-0.3, -0.25) is 0 Å². The normalized spacial score (nSPS) is 23.7. The smallest absolute Gasteiger partial charge is 0.144 e. The number of nitrogens with two attached hydrogens (primary N) is 1. The number of aliphatic hydroxyl groups excluding tert-OH is 1. The summed E-state index contributed by atoms with van der Waals surface area (Å²) in [6, 6.07) is 5.90. The van der Waals surface area contributed by atoms with Crippen LogP contribution in [0.15, 0.2) is 18.2 Å². The molecule has 2 atom stereocenters. The van der Waals surface area contributed by atoms with Crippen molar-refractivity contribution in [3.63, 3.8) is 0 Å². The first-order valence-electron chi connectivity index (χ1n) is 6.97. The Morgan fingerprint density at radius 1 is 1.42 bits per heavy atom. The van der Waals surface area contributed by atoms with Gasteiger partial charge < -0.3 is 20.5 Å². The predicted molar refractivity (Wildman–Crippen MR) is 78.6 cm³/mol. The Morgan fingerprint density at radius 2 is 2.16 bits per heavy atom. The van der Waals surface area contributed by atoms with E-state index in [2.05, 4.69) is 11.8 Å². The van der Waals surface area contributed by atoms with Crippen molar-refractivity contribution in [1.82, 2.24) is 0 Å². The van der Waals surface area contributed by atoms with Crippen LogP contribution in [0.5, 0.6) is 5.75 Å². The number of rotatable bonds is 3. The lowest BCUT2D eigenvalue weighted by atomic mass is 9.96. The molecule has 0 amide bonds. The van der Waals surface area contributed by atoms with Crippen LogP contribution in [-0.2, 0) is 0 Å². The molecule has 0 bridgehead atoms. The highest BCUT2D eigenvalue weighted by molar-refractivity contribution is 5.74. The molecule has 0 spiro atoms. The molecule has 0 aliphatic carbocycles. The first-order valence-corrected chi connectivity index (χ1v) is 6.97. The third kappa shape index (κ3) is 3.13. The molecule has 1 heterocycles. The summed E-state index contributed by atoms with van der Waals surface area (Å²) >= 11 is 0. The SMILES string of the molecule is CC(C)Oc1cccc(N2CCC(O)C(C)C2)c1N. The van der Waals surface area contributed by atoms with Crippen molar-refractivity contribution in [1.29, 1.82) is 0 Å². The summed E-state index contributed by atoms with van der Waals surface area (Å²) < 4.78 is 5.72. The van der Waals surface area contributed by atoms with E-state index >= 15 is 0 Å². The van der Waals surface area contributed by atoms with Crippen molar-refractivity contribution < 1.29 is 9.84 Å². The molecule has 0 aromatic heterocycles. The number of ether oxygens (including phenoxy) is 1. The third-order valence-electron chi connectivity index (χ3n) is 3.61. The molecule has 1 aromatic rings. The van der Waals surface area contributed by atoms with Crippen LogP contribution < -0.4 is 15.4 Å². The highest BCUT2D eigenvalue weighted by Gasteiger charge is 2.25. The highest BCUT2D eigenvalue weighted by Crippen LogP contribution is 2.35. The van der Waals surface area contributed by atoms with Crippen LogP contribution in [0.3, 0.4) is 0 Å². The first kappa shape index (κ1) is 14.0. The number of benzene rings is 1. The van der Waals surface area contributed by atoms with Crippen LogP contribution >= 0.6 is 0 Å². The molecular formula is C15H24N2O2. The number of anilines is 2. The zero-order valence-electron chi connectivity index (χ0n) is 12.0. The summed E-state index contributed by atoms with van der Waals surface area (Å²) in [4.78, 5) is 2.24. The minimum absolute atomic E-state index is 0.111.